The fourth-order valence-corrected chi connectivity index (χ4v) is 3.04. The van der Waals surface area contributed by atoms with Gasteiger partial charge in [0.05, 0.1) is 23.8 Å². The van der Waals surface area contributed by atoms with Gasteiger partial charge in [-0.3, -0.25) is 9.59 Å². The Kier molecular flexibility index (Phi) is 40.8. The van der Waals surface area contributed by atoms with Crippen molar-refractivity contribution in [3.05, 3.63) is 0 Å². The van der Waals surface area contributed by atoms with Crippen LogP contribution in [-0.2, 0) is 40.9 Å². The van der Waals surface area contributed by atoms with Crippen molar-refractivity contribution in [1.29, 1.82) is 0 Å². The molecule has 0 aliphatic rings. The normalized spacial score (nSPS) is 12.8. The van der Waals surface area contributed by atoms with Gasteiger partial charge in [-0.2, -0.15) is 0 Å². The molecule has 0 aromatic rings. The molecule has 0 radical (unpaired) electrons. The third-order valence-corrected chi connectivity index (χ3v) is 5.92. The van der Waals surface area contributed by atoms with E-state index in [0.717, 1.165) is 25.7 Å². The molecule has 8 nitrogen and oxygen atoms in total. The number of hydrogen-bond acceptors (Lipinski definition) is 8. The first kappa shape index (κ1) is 45.8. The van der Waals surface area contributed by atoms with E-state index < -0.39 is 23.8 Å². The van der Waals surface area contributed by atoms with Crippen molar-refractivity contribution in [1.82, 2.24) is 0 Å². The van der Waals surface area contributed by atoms with E-state index in [0.29, 0.717) is 24.7 Å². The minimum Gasteiger partial charge on any atom is -0.854 e. The van der Waals surface area contributed by atoms with E-state index in [1.54, 1.807) is 13.8 Å². The van der Waals surface area contributed by atoms with E-state index in [1.165, 1.54) is 39.5 Å². The summed E-state index contributed by atoms with van der Waals surface area (Å²) in [5.74, 6) is -4.14. The molecule has 0 heterocycles. The molecule has 0 aromatic carbocycles. The van der Waals surface area contributed by atoms with Crippen LogP contribution in [0.25, 0.3) is 0 Å². The second-order valence-electron chi connectivity index (χ2n) is 8.95. The van der Waals surface area contributed by atoms with Crippen molar-refractivity contribution in [2.45, 2.75) is 120 Å². The SMILES string of the molecule is CCC(C(C)=O)C(=O)[O-].CCC(C(C)=O)C(=O)[O-].CCCCC(CC)C[O-].CCCCC(CC)C[O-].[Ti+4]. The first-order chi connectivity index (χ1) is 16.9. The van der Waals surface area contributed by atoms with E-state index >= 15 is 0 Å². The van der Waals surface area contributed by atoms with Gasteiger partial charge in [0.1, 0.15) is 11.6 Å². The van der Waals surface area contributed by atoms with Crippen LogP contribution in [0.3, 0.4) is 0 Å². The summed E-state index contributed by atoms with van der Waals surface area (Å²) in [7, 11) is 0. The molecule has 9 heteroatoms. The van der Waals surface area contributed by atoms with Crippen LogP contribution in [0, 0.1) is 23.7 Å². The van der Waals surface area contributed by atoms with Crippen molar-refractivity contribution in [2.24, 2.45) is 23.7 Å². The van der Waals surface area contributed by atoms with Crippen molar-refractivity contribution in [3.63, 3.8) is 0 Å². The van der Waals surface area contributed by atoms with Crippen LogP contribution in [0.4, 0.5) is 0 Å². The van der Waals surface area contributed by atoms with Crippen molar-refractivity contribution in [2.75, 3.05) is 13.2 Å². The van der Waals surface area contributed by atoms with E-state index in [-0.39, 0.29) is 46.5 Å². The zero-order valence-electron chi connectivity index (χ0n) is 24.6. The molecule has 0 aliphatic heterocycles. The molecule has 0 spiro atoms. The first-order valence-corrected chi connectivity index (χ1v) is 13.5. The standard InChI is InChI=1S/2C8H17O.2C6H10O3.Ti/c2*1-3-5-6-8(4-2)7-9;2*1-3-5(4(2)7)6(8)9;/h2*8H,3-7H2,1-2H3;2*5H,3H2,1-2H3,(H,8,9);/q2*-1;;;+4/p-2. The Hall–Kier alpha value is -1.09. The van der Waals surface area contributed by atoms with Gasteiger partial charge in [0, 0.05) is 0 Å². The number of aliphatic carboxylic acids is 2. The zero-order chi connectivity index (χ0) is 29.1. The van der Waals surface area contributed by atoms with Crippen LogP contribution < -0.4 is 20.4 Å². The predicted molar refractivity (Wildman–Crippen MR) is 135 cm³/mol. The first-order valence-electron chi connectivity index (χ1n) is 13.5. The fraction of sp³-hybridized carbons (Fsp3) is 0.857. The number of unbranched alkanes of at least 4 members (excludes halogenated alkanes) is 2. The van der Waals surface area contributed by atoms with E-state index in [4.69, 9.17) is 0 Å². The van der Waals surface area contributed by atoms with E-state index in [2.05, 4.69) is 27.7 Å². The van der Waals surface area contributed by atoms with Gasteiger partial charge in [0.15, 0.2) is 0 Å². The van der Waals surface area contributed by atoms with Crippen LogP contribution in [0.1, 0.15) is 120 Å². The number of carboxylic acids is 2. The van der Waals surface area contributed by atoms with Crippen LogP contribution >= 0.6 is 0 Å². The summed E-state index contributed by atoms with van der Waals surface area (Å²) in [5, 5.41) is 40.8. The van der Waals surface area contributed by atoms with Gasteiger partial charge in [-0.1, -0.05) is 105 Å². The zero-order valence-corrected chi connectivity index (χ0v) is 26.1. The fourth-order valence-electron chi connectivity index (χ4n) is 3.04. The Morgan fingerprint density at radius 2 is 0.838 bits per heavy atom. The molecule has 0 rings (SSSR count). The second-order valence-corrected chi connectivity index (χ2v) is 8.95. The topological polar surface area (TPSA) is 161 Å². The summed E-state index contributed by atoms with van der Waals surface area (Å²) < 4.78 is 0. The number of ketones is 2. The molecule has 0 aromatic heterocycles. The summed E-state index contributed by atoms with van der Waals surface area (Å²) in [5.41, 5.74) is 0. The van der Waals surface area contributed by atoms with Crippen molar-refractivity contribution >= 4 is 23.5 Å². The van der Waals surface area contributed by atoms with Gasteiger partial charge in [0.2, 0.25) is 0 Å². The summed E-state index contributed by atoms with van der Waals surface area (Å²) >= 11 is 0. The molecule has 0 bridgehead atoms. The van der Waals surface area contributed by atoms with Gasteiger partial charge >= 0.3 is 21.7 Å². The van der Waals surface area contributed by atoms with E-state index in [9.17, 15) is 39.6 Å². The number of carboxylic acid groups (broad SMARTS) is 2. The largest absolute Gasteiger partial charge is 4.00 e. The third-order valence-electron chi connectivity index (χ3n) is 5.92. The molecule has 0 N–H and O–H groups in total. The van der Waals surface area contributed by atoms with Gasteiger partial charge in [-0.25, -0.2) is 0 Å². The Labute approximate surface area is 240 Å². The molecule has 4 atom stereocenters. The molecule has 0 saturated carbocycles. The Morgan fingerprint density at radius 1 is 0.568 bits per heavy atom. The number of carbonyl (C=O) groups excluding carboxylic acids is 4. The molecule has 0 aliphatic carbocycles. The monoisotopic (exact) mass is 564 g/mol. The molecular weight excluding hydrogens is 512 g/mol. The summed E-state index contributed by atoms with van der Waals surface area (Å²) in [6.07, 6.45) is 9.91. The average Bonchev–Trinajstić information content (AvgIpc) is 2.81. The third kappa shape index (κ3) is 31.0. The number of Topliss-reactive ketones (excluding diaryl/α,β-unsaturated/α-hetero) is 2. The van der Waals surface area contributed by atoms with Crippen LogP contribution in [-0.4, -0.2) is 36.7 Å². The van der Waals surface area contributed by atoms with Crippen molar-refractivity contribution in [3.8, 4) is 0 Å². The summed E-state index contributed by atoms with van der Waals surface area (Å²) in [6.45, 7) is 14.6. The minimum absolute atomic E-state index is 0. The van der Waals surface area contributed by atoms with Crippen molar-refractivity contribution < 1.29 is 61.3 Å². The predicted octanol–water partition coefficient (Wildman–Crippen LogP) is 1.83. The van der Waals surface area contributed by atoms with Crippen LogP contribution in [0.5, 0.6) is 0 Å². The summed E-state index contributed by atoms with van der Waals surface area (Å²) in [6, 6.07) is 0. The molecule has 216 valence electrons. The molecule has 37 heavy (non-hydrogen) atoms. The average molecular weight is 565 g/mol. The number of hydrogen-bond donors (Lipinski definition) is 0. The van der Waals surface area contributed by atoms with Crippen LogP contribution in [0.2, 0.25) is 0 Å². The molecular formula is C28H52O8Ti. The maximum Gasteiger partial charge on any atom is 4.00 e. The summed E-state index contributed by atoms with van der Waals surface area (Å²) in [4.78, 5) is 40.9. The Balaban J connectivity index is -0.000000122. The molecule has 0 saturated heterocycles. The molecule has 4 unspecified atom stereocenters. The van der Waals surface area contributed by atoms with Gasteiger partial charge < -0.3 is 30.0 Å². The molecule has 0 fully saturated rings. The maximum absolute atomic E-state index is 10.4. The Bertz CT molecular complexity index is 470. The molecule has 0 amide bonds. The quantitative estimate of drug-likeness (QED) is 0.203. The van der Waals surface area contributed by atoms with Gasteiger partial charge in [-0.05, 0) is 26.7 Å². The van der Waals surface area contributed by atoms with Gasteiger partial charge in [0.25, 0.3) is 0 Å². The number of carbonyl (C=O) groups is 4. The Morgan fingerprint density at radius 3 is 0.919 bits per heavy atom. The number of rotatable bonds is 16. The second kappa shape index (κ2) is 32.9. The van der Waals surface area contributed by atoms with Crippen LogP contribution in [0.15, 0.2) is 0 Å². The maximum atomic E-state index is 10.4. The van der Waals surface area contributed by atoms with Gasteiger partial charge in [-0.15, -0.1) is 13.2 Å². The smallest absolute Gasteiger partial charge is 0.854 e. The van der Waals surface area contributed by atoms with E-state index in [1.807, 2.05) is 0 Å². The minimum atomic E-state index is -1.27.